The van der Waals surface area contributed by atoms with E-state index in [1.54, 1.807) is 36.4 Å². The third kappa shape index (κ3) is 9.80. The second-order valence-electron chi connectivity index (χ2n) is 12.6. The summed E-state index contributed by atoms with van der Waals surface area (Å²) in [5.41, 5.74) is 4.13. The number of aryl methyl sites for hydroxylation is 2. The van der Waals surface area contributed by atoms with Crippen molar-refractivity contribution in [2.45, 2.75) is 26.9 Å². The number of hydrogen-bond donors (Lipinski definition) is 2. The Bertz CT molecular complexity index is 1900. The maximum Gasteiger partial charge on any atom is 0.262 e. The fraction of sp³-hybridized carbons (Fsp3) is 0.275. The molecule has 0 atom stereocenters. The smallest absolute Gasteiger partial charge is 0.262 e. The van der Waals surface area contributed by atoms with Crippen LogP contribution in [0.25, 0.3) is 0 Å². The number of nitrogens with zero attached hydrogens (tertiary/aromatic N) is 4. The summed E-state index contributed by atoms with van der Waals surface area (Å²) in [5.74, 6) is 0.485. The molecule has 1 amide bonds. The summed E-state index contributed by atoms with van der Waals surface area (Å²) in [7, 11) is 2.13. The Kier molecular flexibility index (Phi) is 11.7. The number of halogens is 1. The van der Waals surface area contributed by atoms with Gasteiger partial charge in [-0.25, -0.2) is 9.37 Å². The van der Waals surface area contributed by atoms with E-state index in [1.807, 2.05) is 62.4 Å². The van der Waals surface area contributed by atoms with Gasteiger partial charge in [-0.2, -0.15) is 4.98 Å². The van der Waals surface area contributed by atoms with Crippen LogP contribution in [0.4, 0.5) is 21.7 Å². The molecule has 1 aromatic heterocycles. The summed E-state index contributed by atoms with van der Waals surface area (Å²) in [6, 6.07) is 27.3. The minimum Gasteiger partial charge on any atom is -0.490 e. The van der Waals surface area contributed by atoms with Crippen LogP contribution in [0.5, 0.6) is 23.1 Å². The Morgan fingerprint density at radius 1 is 0.863 bits per heavy atom. The van der Waals surface area contributed by atoms with Gasteiger partial charge in [0, 0.05) is 56.4 Å². The number of piperazine rings is 1. The number of ether oxygens (including phenoxy) is 3. The van der Waals surface area contributed by atoms with Crippen molar-refractivity contribution in [2.24, 2.45) is 0 Å². The van der Waals surface area contributed by atoms with Gasteiger partial charge in [-0.1, -0.05) is 48.5 Å². The quantitative estimate of drug-likeness (QED) is 0.114. The lowest BCUT2D eigenvalue weighted by Gasteiger charge is -2.32. The molecule has 2 heterocycles. The number of amides is 1. The van der Waals surface area contributed by atoms with Gasteiger partial charge < -0.3 is 34.6 Å². The van der Waals surface area contributed by atoms with Gasteiger partial charge in [0.05, 0.1) is 6.61 Å². The first-order valence-corrected chi connectivity index (χ1v) is 17.1. The highest BCUT2D eigenvalue weighted by atomic mass is 19.1. The van der Waals surface area contributed by atoms with Crippen LogP contribution >= 0.6 is 0 Å². The van der Waals surface area contributed by atoms with Crippen LogP contribution in [-0.2, 0) is 6.61 Å². The molecule has 1 fully saturated rings. The van der Waals surface area contributed by atoms with Crippen molar-refractivity contribution in [1.82, 2.24) is 19.8 Å². The molecule has 0 radical (unpaired) electrons. The van der Waals surface area contributed by atoms with Crippen LogP contribution in [-0.4, -0.2) is 72.1 Å². The molecular formula is C40H43FN6O4. The van der Waals surface area contributed by atoms with Crippen molar-refractivity contribution >= 4 is 23.2 Å². The number of anilines is 3. The van der Waals surface area contributed by atoms with Crippen LogP contribution < -0.4 is 24.8 Å². The number of rotatable bonds is 14. The van der Waals surface area contributed by atoms with E-state index in [4.69, 9.17) is 14.2 Å². The van der Waals surface area contributed by atoms with Crippen LogP contribution in [0.3, 0.4) is 0 Å². The number of carbonyl (C=O) groups is 1. The van der Waals surface area contributed by atoms with Crippen molar-refractivity contribution in [3.8, 4) is 23.1 Å². The molecule has 1 saturated heterocycles. The first-order valence-electron chi connectivity index (χ1n) is 17.1. The summed E-state index contributed by atoms with van der Waals surface area (Å²) < 4.78 is 32.9. The van der Waals surface area contributed by atoms with E-state index in [-0.39, 0.29) is 23.1 Å². The lowest BCUT2D eigenvalue weighted by Crippen LogP contribution is -2.44. The number of benzene rings is 4. The van der Waals surface area contributed by atoms with Crippen molar-refractivity contribution in [3.05, 3.63) is 125 Å². The fourth-order valence-electron chi connectivity index (χ4n) is 5.68. The van der Waals surface area contributed by atoms with Crippen LogP contribution in [0.2, 0.25) is 0 Å². The van der Waals surface area contributed by atoms with Gasteiger partial charge in [0.25, 0.3) is 5.91 Å². The Morgan fingerprint density at radius 3 is 2.31 bits per heavy atom. The van der Waals surface area contributed by atoms with Gasteiger partial charge in [0.2, 0.25) is 11.8 Å². The van der Waals surface area contributed by atoms with Crippen LogP contribution in [0.1, 0.15) is 33.5 Å². The number of likely N-dealkylation sites (N-methyl/N-ethyl adjacent to an activating group) is 1. The Morgan fingerprint density at radius 2 is 1.59 bits per heavy atom. The molecule has 0 spiro atoms. The molecule has 0 bridgehead atoms. The van der Waals surface area contributed by atoms with E-state index < -0.39 is 11.7 Å². The van der Waals surface area contributed by atoms with E-state index >= 15 is 4.39 Å². The zero-order chi connectivity index (χ0) is 35.6. The average molecular weight is 691 g/mol. The molecule has 2 N–H and O–H groups in total. The number of aromatic nitrogens is 2. The molecule has 4 aromatic carbocycles. The second-order valence-corrected chi connectivity index (χ2v) is 12.6. The van der Waals surface area contributed by atoms with Crippen molar-refractivity contribution in [3.63, 3.8) is 0 Å². The second kappa shape index (κ2) is 16.9. The molecule has 5 aromatic rings. The SMILES string of the molecule is Cc1cccc(C)c1NC(=O)c1cnc(Nc2ccc(OCCCN3CCN(C)CC3)c(F)c2)nc1Oc1ccc(OCc2ccccc2)cc1. The summed E-state index contributed by atoms with van der Waals surface area (Å²) in [4.78, 5) is 27.2. The van der Waals surface area contributed by atoms with Crippen LogP contribution in [0, 0.1) is 19.7 Å². The predicted octanol–water partition coefficient (Wildman–Crippen LogP) is 7.62. The predicted molar refractivity (Wildman–Crippen MR) is 197 cm³/mol. The van der Waals surface area contributed by atoms with Gasteiger partial charge >= 0.3 is 0 Å². The van der Waals surface area contributed by atoms with Gasteiger partial charge in [-0.3, -0.25) is 4.79 Å². The number of carbonyl (C=O) groups excluding carboxylic acids is 1. The summed E-state index contributed by atoms with van der Waals surface area (Å²) in [6.07, 6.45) is 2.20. The van der Waals surface area contributed by atoms with Crippen molar-refractivity contribution in [1.29, 1.82) is 0 Å². The lowest BCUT2D eigenvalue weighted by atomic mass is 10.1. The van der Waals surface area contributed by atoms with E-state index in [0.29, 0.717) is 36.1 Å². The number of para-hydroxylation sites is 1. The van der Waals surface area contributed by atoms with Crippen LogP contribution in [0.15, 0.2) is 97.2 Å². The normalized spacial score (nSPS) is 13.4. The molecule has 0 unspecified atom stereocenters. The molecule has 0 saturated carbocycles. The van der Waals surface area contributed by atoms with Gasteiger partial charge in [-0.05, 0) is 80.4 Å². The lowest BCUT2D eigenvalue weighted by molar-refractivity contribution is 0.102. The minimum absolute atomic E-state index is 0.0231. The van der Waals surface area contributed by atoms with E-state index in [9.17, 15) is 4.79 Å². The summed E-state index contributed by atoms with van der Waals surface area (Å²) >= 11 is 0. The summed E-state index contributed by atoms with van der Waals surface area (Å²) in [5, 5.41) is 6.01. The largest absolute Gasteiger partial charge is 0.490 e. The molecule has 264 valence electrons. The average Bonchev–Trinajstić information content (AvgIpc) is 3.13. The first kappa shape index (κ1) is 35.3. The monoisotopic (exact) mass is 690 g/mol. The molecule has 51 heavy (non-hydrogen) atoms. The third-order valence-corrected chi connectivity index (χ3v) is 8.66. The molecule has 6 rings (SSSR count). The highest BCUT2D eigenvalue weighted by Crippen LogP contribution is 2.30. The molecule has 11 heteroatoms. The highest BCUT2D eigenvalue weighted by Gasteiger charge is 2.20. The fourth-order valence-corrected chi connectivity index (χ4v) is 5.68. The molecule has 1 aliphatic heterocycles. The maximum absolute atomic E-state index is 15.1. The third-order valence-electron chi connectivity index (χ3n) is 8.66. The first-order chi connectivity index (χ1) is 24.8. The molecule has 10 nitrogen and oxygen atoms in total. The topological polar surface area (TPSA) is 101 Å². The zero-order valence-corrected chi connectivity index (χ0v) is 29.2. The minimum atomic E-state index is -0.504. The van der Waals surface area contributed by atoms with Crippen molar-refractivity contribution < 1.29 is 23.4 Å². The summed E-state index contributed by atoms with van der Waals surface area (Å²) in [6.45, 7) is 9.81. The van der Waals surface area contributed by atoms with E-state index in [0.717, 1.165) is 55.8 Å². The van der Waals surface area contributed by atoms with E-state index in [1.165, 1.54) is 12.3 Å². The maximum atomic E-state index is 15.1. The standard InChI is InChI=1S/C40H43FN6O4/c1-28-9-7-10-29(2)37(28)44-38(48)34-26-42-40(45-39(34)51-33-16-14-32(15-17-33)50-27-30-11-5-4-6-12-30)43-31-13-18-36(35(41)25-31)49-24-8-19-47-22-20-46(3)21-23-47/h4-7,9-18,25-26H,8,19-24,27H2,1-3H3,(H,44,48)(H,42,43,45). The molecule has 1 aliphatic rings. The van der Waals surface area contributed by atoms with Gasteiger partial charge in [0.1, 0.15) is 23.7 Å². The Balaban J connectivity index is 1.14. The number of hydrogen-bond acceptors (Lipinski definition) is 9. The highest BCUT2D eigenvalue weighted by molar-refractivity contribution is 6.06. The zero-order valence-electron chi connectivity index (χ0n) is 29.2. The number of nitrogens with one attached hydrogen (secondary N) is 2. The van der Waals surface area contributed by atoms with Gasteiger partial charge in [0.15, 0.2) is 11.6 Å². The van der Waals surface area contributed by atoms with Crippen molar-refractivity contribution in [2.75, 3.05) is 57.0 Å². The Labute approximate surface area is 298 Å². The molecular weight excluding hydrogens is 647 g/mol. The van der Waals surface area contributed by atoms with Gasteiger partial charge in [-0.15, -0.1) is 0 Å². The Hall–Kier alpha value is -5.52. The van der Waals surface area contributed by atoms with E-state index in [2.05, 4.69) is 37.4 Å². The molecule has 0 aliphatic carbocycles.